The van der Waals surface area contributed by atoms with Crippen LogP contribution in [0.25, 0.3) is 4.98 Å². The van der Waals surface area contributed by atoms with Crippen molar-refractivity contribution in [3.05, 3.63) is 33.8 Å². The standard InChI is InChI=1S/C10H11ClN3.ClH/c11-8-2-1-3-9(14-12)10(8)7-4-5-13-6-7;/h1-3,7,13H,4-6H2;1H/q+1;/p-1. The smallest absolute Gasteiger partial charge is 0.390 e. The first-order valence-corrected chi connectivity index (χ1v) is 5.05. The van der Waals surface area contributed by atoms with Gasteiger partial charge in [0, 0.05) is 18.5 Å². The molecule has 0 bridgehead atoms. The van der Waals surface area contributed by atoms with Crippen molar-refractivity contribution >= 4 is 17.3 Å². The molecule has 3 nitrogen and oxygen atoms in total. The lowest BCUT2D eigenvalue weighted by Gasteiger charge is -2.07. The molecule has 1 N–H and O–H groups in total. The van der Waals surface area contributed by atoms with Gasteiger partial charge in [-0.1, -0.05) is 17.7 Å². The highest BCUT2D eigenvalue weighted by molar-refractivity contribution is 6.31. The summed E-state index contributed by atoms with van der Waals surface area (Å²) < 4.78 is 0. The lowest BCUT2D eigenvalue weighted by atomic mass is 9.97. The maximum Gasteiger partial charge on any atom is 0.390 e. The first-order chi connectivity index (χ1) is 6.83. The average Bonchev–Trinajstić information content (AvgIpc) is 2.70. The number of hydrogen-bond acceptors (Lipinski definition) is 2. The molecule has 2 rings (SSSR count). The van der Waals surface area contributed by atoms with Gasteiger partial charge in [0.1, 0.15) is 0 Å². The maximum absolute atomic E-state index is 8.85. The Morgan fingerprint density at radius 2 is 2.27 bits per heavy atom. The van der Waals surface area contributed by atoms with Crippen molar-refractivity contribution in [1.29, 1.82) is 5.39 Å². The van der Waals surface area contributed by atoms with Gasteiger partial charge >= 0.3 is 5.69 Å². The summed E-state index contributed by atoms with van der Waals surface area (Å²) in [6, 6.07) is 5.41. The largest absolute Gasteiger partial charge is 1.00 e. The van der Waals surface area contributed by atoms with E-state index >= 15 is 0 Å². The van der Waals surface area contributed by atoms with Gasteiger partial charge in [-0.15, -0.1) is 0 Å². The minimum Gasteiger partial charge on any atom is -1.00 e. The van der Waals surface area contributed by atoms with Crippen LogP contribution in [0.4, 0.5) is 5.69 Å². The van der Waals surface area contributed by atoms with E-state index in [9.17, 15) is 0 Å². The fourth-order valence-electron chi connectivity index (χ4n) is 1.92. The molecule has 0 aromatic heterocycles. The van der Waals surface area contributed by atoms with Crippen LogP contribution in [0.15, 0.2) is 18.2 Å². The zero-order valence-electron chi connectivity index (χ0n) is 8.08. The molecule has 0 spiro atoms. The first kappa shape index (κ1) is 12.3. The summed E-state index contributed by atoms with van der Waals surface area (Å²) >= 11 is 6.09. The Morgan fingerprint density at radius 3 is 2.87 bits per heavy atom. The van der Waals surface area contributed by atoms with E-state index in [1.165, 1.54) is 0 Å². The third kappa shape index (κ3) is 2.40. The highest BCUT2D eigenvalue weighted by atomic mass is 35.5. The molecule has 5 heteroatoms. The molecule has 1 aromatic carbocycles. The molecule has 15 heavy (non-hydrogen) atoms. The second-order valence-electron chi connectivity index (χ2n) is 3.46. The van der Waals surface area contributed by atoms with Crippen LogP contribution in [0.2, 0.25) is 5.02 Å². The van der Waals surface area contributed by atoms with E-state index in [1.54, 1.807) is 12.1 Å². The predicted molar refractivity (Wildman–Crippen MR) is 56.4 cm³/mol. The first-order valence-electron chi connectivity index (χ1n) is 4.67. The van der Waals surface area contributed by atoms with Crippen molar-refractivity contribution in [1.82, 2.24) is 5.32 Å². The van der Waals surface area contributed by atoms with Crippen LogP contribution in [0.3, 0.4) is 0 Å². The number of benzene rings is 1. The number of nitrogens with zero attached hydrogens (tertiary/aromatic N) is 2. The molecule has 1 aliphatic heterocycles. The Morgan fingerprint density at radius 1 is 1.47 bits per heavy atom. The van der Waals surface area contributed by atoms with Gasteiger partial charge in [-0.3, -0.25) is 0 Å². The van der Waals surface area contributed by atoms with E-state index < -0.39 is 0 Å². The molecule has 1 aromatic rings. The molecule has 1 saturated heterocycles. The van der Waals surface area contributed by atoms with Crippen LogP contribution >= 0.6 is 11.6 Å². The minimum atomic E-state index is 0. The Bertz CT molecular complexity index is 381. The summed E-state index contributed by atoms with van der Waals surface area (Å²) in [5, 5.41) is 12.8. The highest BCUT2D eigenvalue weighted by Crippen LogP contribution is 2.36. The molecule has 0 radical (unpaired) electrons. The Hall–Kier alpha value is -0.820. The second-order valence-corrected chi connectivity index (χ2v) is 3.87. The van der Waals surface area contributed by atoms with Gasteiger partial charge in [0.2, 0.25) is 5.39 Å². The minimum absolute atomic E-state index is 0. The molecule has 1 fully saturated rings. The van der Waals surface area contributed by atoms with Crippen molar-refractivity contribution in [3.8, 4) is 0 Å². The van der Waals surface area contributed by atoms with Crippen LogP contribution in [0, 0.1) is 5.39 Å². The lowest BCUT2D eigenvalue weighted by molar-refractivity contribution is -0.00000299. The van der Waals surface area contributed by atoms with Crippen LogP contribution < -0.4 is 17.7 Å². The number of hydrogen-bond donors (Lipinski definition) is 1. The van der Waals surface area contributed by atoms with Crippen LogP contribution in [0.1, 0.15) is 17.9 Å². The summed E-state index contributed by atoms with van der Waals surface area (Å²) in [5.74, 6) is 0.370. The van der Waals surface area contributed by atoms with E-state index in [0.29, 0.717) is 16.6 Å². The molecule has 0 aliphatic carbocycles. The van der Waals surface area contributed by atoms with E-state index in [4.69, 9.17) is 17.0 Å². The van der Waals surface area contributed by atoms with Gasteiger partial charge in [0.25, 0.3) is 0 Å². The van der Waals surface area contributed by atoms with Crippen molar-refractivity contribution in [2.45, 2.75) is 12.3 Å². The number of halogens is 2. The highest BCUT2D eigenvalue weighted by Gasteiger charge is 2.27. The summed E-state index contributed by atoms with van der Waals surface area (Å²) in [6.45, 7) is 1.91. The van der Waals surface area contributed by atoms with Gasteiger partial charge in [-0.2, -0.15) is 0 Å². The summed E-state index contributed by atoms with van der Waals surface area (Å²) in [6.07, 6.45) is 1.05. The van der Waals surface area contributed by atoms with E-state index in [1.807, 2.05) is 6.07 Å². The summed E-state index contributed by atoms with van der Waals surface area (Å²) in [7, 11) is 0. The molecule has 1 atom stereocenters. The number of diazo groups is 1. The molecular formula is C10H11Cl2N3. The molecule has 0 saturated carbocycles. The van der Waals surface area contributed by atoms with Gasteiger partial charge in [-0.05, 0) is 19.0 Å². The zero-order valence-corrected chi connectivity index (χ0v) is 9.59. The SMILES string of the molecule is N#[N+]c1cccc(Cl)c1C1CCNC1.[Cl-]. The average molecular weight is 244 g/mol. The van der Waals surface area contributed by atoms with E-state index in [0.717, 1.165) is 25.1 Å². The third-order valence-corrected chi connectivity index (χ3v) is 2.94. The topological polar surface area (TPSA) is 40.2 Å². The van der Waals surface area contributed by atoms with Crippen molar-refractivity contribution in [2.75, 3.05) is 13.1 Å². The molecule has 0 amide bonds. The number of rotatable bonds is 1. The van der Waals surface area contributed by atoms with Crippen molar-refractivity contribution in [3.63, 3.8) is 0 Å². The van der Waals surface area contributed by atoms with Gasteiger partial charge in [0.05, 0.1) is 10.6 Å². The van der Waals surface area contributed by atoms with E-state index in [2.05, 4.69) is 10.3 Å². The Kier molecular flexibility index (Phi) is 4.34. The monoisotopic (exact) mass is 243 g/mol. The molecular weight excluding hydrogens is 233 g/mol. The third-order valence-electron chi connectivity index (χ3n) is 2.61. The molecule has 1 unspecified atom stereocenters. The summed E-state index contributed by atoms with van der Waals surface area (Å²) in [4.78, 5) is 3.26. The zero-order chi connectivity index (χ0) is 9.97. The van der Waals surface area contributed by atoms with Crippen molar-refractivity contribution in [2.24, 2.45) is 0 Å². The Labute approximate surface area is 99.9 Å². The fraction of sp³-hybridized carbons (Fsp3) is 0.400. The molecule has 1 heterocycles. The number of nitrogens with one attached hydrogen (secondary N) is 1. The second kappa shape index (κ2) is 5.32. The maximum atomic E-state index is 8.85. The van der Waals surface area contributed by atoms with Crippen LogP contribution in [0.5, 0.6) is 0 Å². The fourth-order valence-corrected chi connectivity index (χ4v) is 2.24. The van der Waals surface area contributed by atoms with Gasteiger partial charge < -0.3 is 17.7 Å². The van der Waals surface area contributed by atoms with Crippen LogP contribution in [-0.4, -0.2) is 13.1 Å². The van der Waals surface area contributed by atoms with E-state index in [-0.39, 0.29) is 12.4 Å². The predicted octanol–water partition coefficient (Wildman–Crippen LogP) is -0.0945. The normalized spacial score (nSPS) is 19.3. The van der Waals surface area contributed by atoms with Gasteiger partial charge in [0.15, 0.2) is 4.98 Å². The Balaban J connectivity index is 0.00000112. The van der Waals surface area contributed by atoms with Crippen molar-refractivity contribution < 1.29 is 12.4 Å². The molecule has 80 valence electrons. The van der Waals surface area contributed by atoms with Crippen LogP contribution in [-0.2, 0) is 0 Å². The quantitative estimate of drug-likeness (QED) is 0.701. The summed E-state index contributed by atoms with van der Waals surface area (Å²) in [5.41, 5.74) is 1.55. The molecule has 1 aliphatic rings. The lowest BCUT2D eigenvalue weighted by Crippen LogP contribution is -3.00. The van der Waals surface area contributed by atoms with Gasteiger partial charge in [-0.25, -0.2) is 0 Å².